The highest BCUT2D eigenvalue weighted by Gasteiger charge is 2.18. The molecule has 3 heterocycles. The van der Waals surface area contributed by atoms with E-state index in [0.717, 1.165) is 22.3 Å². The van der Waals surface area contributed by atoms with Crippen molar-refractivity contribution in [2.45, 2.75) is 13.3 Å². The summed E-state index contributed by atoms with van der Waals surface area (Å²) in [6, 6.07) is 3.38. The van der Waals surface area contributed by atoms with Gasteiger partial charge in [0.2, 0.25) is 0 Å². The maximum atomic E-state index is 11.1. The molecule has 0 aliphatic carbocycles. The predicted molar refractivity (Wildman–Crippen MR) is 70.9 cm³/mol. The summed E-state index contributed by atoms with van der Waals surface area (Å²) < 4.78 is 1.60. The molecule has 0 bridgehead atoms. The van der Waals surface area contributed by atoms with Crippen LogP contribution in [0, 0.1) is 0 Å². The standard InChI is InChI=1S/C12H10N4O2S/c1-2-8-7-6-9(11(17)18)19-10(7)16(15-8)12-13-4-3-5-14-12/h3-6H,2H2,1H3,(H,17,18). The highest BCUT2D eigenvalue weighted by atomic mass is 32.1. The number of aromatic nitrogens is 4. The Kier molecular flexibility index (Phi) is 2.75. The van der Waals surface area contributed by atoms with Gasteiger partial charge in [0, 0.05) is 17.8 Å². The van der Waals surface area contributed by atoms with E-state index >= 15 is 0 Å². The van der Waals surface area contributed by atoms with Crippen LogP contribution in [0.15, 0.2) is 24.5 Å². The number of aromatic carboxylic acids is 1. The van der Waals surface area contributed by atoms with Crippen LogP contribution >= 0.6 is 11.3 Å². The lowest BCUT2D eigenvalue weighted by molar-refractivity contribution is 0.0702. The number of aryl methyl sites for hydroxylation is 1. The van der Waals surface area contributed by atoms with Gasteiger partial charge in [-0.25, -0.2) is 14.8 Å². The molecule has 7 heteroatoms. The second kappa shape index (κ2) is 4.43. The molecule has 3 aromatic rings. The fraction of sp³-hybridized carbons (Fsp3) is 0.167. The predicted octanol–water partition coefficient (Wildman–Crippen LogP) is 2.14. The first-order chi connectivity index (χ1) is 9.20. The van der Waals surface area contributed by atoms with E-state index in [1.807, 2.05) is 6.92 Å². The largest absolute Gasteiger partial charge is 0.477 e. The number of hydrogen-bond acceptors (Lipinski definition) is 5. The second-order valence-corrected chi connectivity index (χ2v) is 4.93. The maximum absolute atomic E-state index is 11.1. The molecule has 0 aliphatic heterocycles. The molecule has 0 spiro atoms. The second-order valence-electron chi connectivity index (χ2n) is 3.90. The van der Waals surface area contributed by atoms with Crippen LogP contribution in [-0.2, 0) is 6.42 Å². The van der Waals surface area contributed by atoms with E-state index in [1.165, 1.54) is 11.3 Å². The maximum Gasteiger partial charge on any atom is 0.345 e. The quantitative estimate of drug-likeness (QED) is 0.791. The molecule has 96 valence electrons. The molecule has 0 unspecified atom stereocenters. The Balaban J connectivity index is 2.27. The van der Waals surface area contributed by atoms with E-state index < -0.39 is 5.97 Å². The van der Waals surface area contributed by atoms with Gasteiger partial charge in [-0.15, -0.1) is 11.3 Å². The topological polar surface area (TPSA) is 80.9 Å². The van der Waals surface area contributed by atoms with Crippen LogP contribution in [0.3, 0.4) is 0 Å². The SMILES string of the molecule is CCc1nn(-c2ncccn2)c2sc(C(=O)O)cc12. The van der Waals surface area contributed by atoms with Gasteiger partial charge in [-0.1, -0.05) is 6.92 Å². The van der Waals surface area contributed by atoms with Crippen molar-refractivity contribution < 1.29 is 9.90 Å². The van der Waals surface area contributed by atoms with Crippen LogP contribution in [0.4, 0.5) is 0 Å². The van der Waals surface area contributed by atoms with Gasteiger partial charge in [0.05, 0.1) is 5.69 Å². The lowest BCUT2D eigenvalue weighted by atomic mass is 10.2. The van der Waals surface area contributed by atoms with Crippen LogP contribution in [-0.4, -0.2) is 30.8 Å². The highest BCUT2D eigenvalue weighted by Crippen LogP contribution is 2.30. The minimum absolute atomic E-state index is 0.298. The lowest BCUT2D eigenvalue weighted by Gasteiger charge is -1.98. The molecule has 0 saturated heterocycles. The van der Waals surface area contributed by atoms with Gasteiger partial charge in [0.25, 0.3) is 5.95 Å². The van der Waals surface area contributed by atoms with Gasteiger partial charge in [-0.3, -0.25) is 0 Å². The molecular weight excluding hydrogens is 264 g/mol. The van der Waals surface area contributed by atoms with Crippen molar-refractivity contribution in [1.82, 2.24) is 19.7 Å². The van der Waals surface area contributed by atoms with E-state index in [0.29, 0.717) is 10.8 Å². The molecule has 0 amide bonds. The van der Waals surface area contributed by atoms with Gasteiger partial charge >= 0.3 is 5.97 Å². The summed E-state index contributed by atoms with van der Waals surface area (Å²) in [6.45, 7) is 1.98. The van der Waals surface area contributed by atoms with Gasteiger partial charge in [-0.2, -0.15) is 9.78 Å². The molecule has 0 saturated carbocycles. The molecule has 0 aliphatic rings. The number of carbonyl (C=O) groups is 1. The van der Waals surface area contributed by atoms with Crippen molar-refractivity contribution in [3.05, 3.63) is 35.1 Å². The molecule has 3 aromatic heterocycles. The number of carboxylic acid groups (broad SMARTS) is 1. The Morgan fingerprint density at radius 3 is 2.79 bits per heavy atom. The zero-order valence-corrected chi connectivity index (χ0v) is 10.9. The molecule has 1 N–H and O–H groups in total. The van der Waals surface area contributed by atoms with E-state index in [-0.39, 0.29) is 0 Å². The van der Waals surface area contributed by atoms with E-state index in [2.05, 4.69) is 15.1 Å². The third-order valence-corrected chi connectivity index (χ3v) is 3.82. The smallest absolute Gasteiger partial charge is 0.345 e. The van der Waals surface area contributed by atoms with Crippen molar-refractivity contribution in [3.8, 4) is 5.95 Å². The Hall–Kier alpha value is -2.28. The average molecular weight is 274 g/mol. The Labute approximate surface area is 112 Å². The number of rotatable bonds is 3. The number of hydrogen-bond donors (Lipinski definition) is 1. The summed E-state index contributed by atoms with van der Waals surface area (Å²) in [4.78, 5) is 20.4. The average Bonchev–Trinajstić information content (AvgIpc) is 2.98. The fourth-order valence-corrected chi connectivity index (χ4v) is 2.84. The van der Waals surface area contributed by atoms with E-state index in [9.17, 15) is 4.79 Å². The molecule has 6 nitrogen and oxygen atoms in total. The number of nitrogens with zero attached hydrogens (tertiary/aromatic N) is 4. The van der Waals surface area contributed by atoms with E-state index in [1.54, 1.807) is 29.2 Å². The summed E-state index contributed by atoms with van der Waals surface area (Å²) in [5.74, 6) is -0.477. The summed E-state index contributed by atoms with van der Waals surface area (Å²) >= 11 is 1.18. The first-order valence-corrected chi connectivity index (χ1v) is 6.54. The Bertz CT molecular complexity index is 748. The zero-order chi connectivity index (χ0) is 13.4. The lowest BCUT2D eigenvalue weighted by Crippen LogP contribution is -2.01. The van der Waals surface area contributed by atoms with Gasteiger partial charge in [0.15, 0.2) is 0 Å². The summed E-state index contributed by atoms with van der Waals surface area (Å²) in [5, 5.41) is 14.4. The zero-order valence-electron chi connectivity index (χ0n) is 10.1. The van der Waals surface area contributed by atoms with E-state index in [4.69, 9.17) is 5.11 Å². The monoisotopic (exact) mass is 274 g/mol. The summed E-state index contributed by atoms with van der Waals surface area (Å²) in [7, 11) is 0. The fourth-order valence-electron chi connectivity index (χ4n) is 1.87. The molecule has 19 heavy (non-hydrogen) atoms. The van der Waals surface area contributed by atoms with Crippen LogP contribution in [0.5, 0.6) is 0 Å². The number of thiophene rings is 1. The van der Waals surface area contributed by atoms with Crippen LogP contribution < -0.4 is 0 Å². The molecule has 3 rings (SSSR count). The first-order valence-electron chi connectivity index (χ1n) is 5.73. The van der Waals surface area contributed by atoms with Gasteiger partial charge in [-0.05, 0) is 18.6 Å². The number of carboxylic acids is 1. The third-order valence-electron chi connectivity index (χ3n) is 2.72. The van der Waals surface area contributed by atoms with Gasteiger partial charge in [0.1, 0.15) is 9.71 Å². The van der Waals surface area contributed by atoms with Gasteiger partial charge < -0.3 is 5.11 Å². The van der Waals surface area contributed by atoms with Crippen molar-refractivity contribution >= 4 is 27.5 Å². The summed E-state index contributed by atoms with van der Waals surface area (Å²) in [6.07, 6.45) is 3.99. The molecule has 0 fully saturated rings. The third kappa shape index (κ3) is 1.88. The molecule has 0 radical (unpaired) electrons. The van der Waals surface area contributed by atoms with Crippen molar-refractivity contribution in [3.63, 3.8) is 0 Å². The molecular formula is C12H10N4O2S. The summed E-state index contributed by atoms with van der Waals surface area (Å²) in [5.41, 5.74) is 0.853. The minimum Gasteiger partial charge on any atom is -0.477 e. The van der Waals surface area contributed by atoms with Crippen molar-refractivity contribution in [2.75, 3.05) is 0 Å². The van der Waals surface area contributed by atoms with Crippen LogP contribution in [0.1, 0.15) is 22.3 Å². The number of fused-ring (bicyclic) bond motifs is 1. The van der Waals surface area contributed by atoms with Crippen molar-refractivity contribution in [2.24, 2.45) is 0 Å². The highest BCUT2D eigenvalue weighted by molar-refractivity contribution is 7.20. The first kappa shape index (κ1) is 11.8. The minimum atomic E-state index is -0.927. The molecule has 0 atom stereocenters. The normalized spacial score (nSPS) is 11.0. The van der Waals surface area contributed by atoms with Crippen molar-refractivity contribution in [1.29, 1.82) is 0 Å². The molecule has 0 aromatic carbocycles. The Morgan fingerprint density at radius 2 is 2.16 bits per heavy atom. The van der Waals surface area contributed by atoms with Crippen LogP contribution in [0.2, 0.25) is 0 Å². The Morgan fingerprint density at radius 1 is 1.42 bits per heavy atom. The van der Waals surface area contributed by atoms with Crippen LogP contribution in [0.25, 0.3) is 16.2 Å².